The lowest BCUT2D eigenvalue weighted by Crippen LogP contribution is -1.88. The summed E-state index contributed by atoms with van der Waals surface area (Å²) in [6, 6.07) is 16.0. The largest absolute Gasteiger partial charge is 0.288 e. The zero-order valence-electron chi connectivity index (χ0n) is 10.5. The summed E-state index contributed by atoms with van der Waals surface area (Å²) in [7, 11) is 0. The van der Waals surface area contributed by atoms with Crippen LogP contribution in [0.3, 0.4) is 0 Å². The van der Waals surface area contributed by atoms with Crippen LogP contribution in [0.5, 0.6) is 0 Å². The third-order valence-corrected chi connectivity index (χ3v) is 4.06. The van der Waals surface area contributed by atoms with E-state index in [1.54, 1.807) is 24.3 Å². The van der Waals surface area contributed by atoms with Gasteiger partial charge in [-0.2, -0.15) is 0 Å². The zero-order chi connectivity index (χ0) is 13.9. The van der Waals surface area contributed by atoms with Crippen LogP contribution in [0, 0.1) is 5.82 Å². The highest BCUT2D eigenvalue weighted by Gasteiger charge is 2.08. The summed E-state index contributed by atoms with van der Waals surface area (Å²) in [4.78, 5) is 12.7. The molecule has 3 aromatic rings. The number of hydrogen-bond acceptors (Lipinski definition) is 2. The minimum Gasteiger partial charge on any atom is -0.288 e. The molecule has 0 radical (unpaired) electrons. The average Bonchev–Trinajstić information content (AvgIpc) is 2.89. The van der Waals surface area contributed by atoms with Gasteiger partial charge in [0.25, 0.3) is 0 Å². The van der Waals surface area contributed by atoms with Crippen LogP contribution in [0.4, 0.5) is 4.39 Å². The van der Waals surface area contributed by atoms with E-state index in [1.807, 2.05) is 30.3 Å². The molecule has 98 valence electrons. The first-order chi connectivity index (χ1) is 9.72. The highest BCUT2D eigenvalue weighted by Crippen LogP contribution is 2.27. The van der Waals surface area contributed by atoms with E-state index in [1.165, 1.54) is 23.5 Å². The van der Waals surface area contributed by atoms with Crippen LogP contribution < -0.4 is 0 Å². The van der Waals surface area contributed by atoms with Gasteiger partial charge in [0.05, 0.1) is 4.88 Å². The molecule has 0 spiro atoms. The number of carbonyl (C=O) groups is 1. The van der Waals surface area contributed by atoms with Gasteiger partial charge in [0.2, 0.25) is 0 Å². The van der Waals surface area contributed by atoms with Gasteiger partial charge in [-0.3, -0.25) is 4.79 Å². The van der Waals surface area contributed by atoms with Crippen molar-refractivity contribution in [3.05, 3.63) is 76.9 Å². The highest BCUT2D eigenvalue weighted by atomic mass is 32.1. The van der Waals surface area contributed by atoms with Crippen molar-refractivity contribution in [3.8, 4) is 0 Å². The van der Waals surface area contributed by atoms with Crippen LogP contribution in [0.25, 0.3) is 16.2 Å². The third-order valence-electron chi connectivity index (χ3n) is 2.95. The maximum Gasteiger partial charge on any atom is 0.195 e. The van der Waals surface area contributed by atoms with Crippen LogP contribution in [-0.4, -0.2) is 5.78 Å². The summed E-state index contributed by atoms with van der Waals surface area (Å²) in [6.07, 6.45) is 3.34. The van der Waals surface area contributed by atoms with Gasteiger partial charge in [-0.1, -0.05) is 42.5 Å². The molecule has 20 heavy (non-hydrogen) atoms. The number of carbonyl (C=O) groups excluding carboxylic acids is 1. The Balaban J connectivity index is 1.87. The van der Waals surface area contributed by atoms with Crippen LogP contribution in [0.1, 0.15) is 15.2 Å². The van der Waals surface area contributed by atoms with Crippen molar-refractivity contribution >= 4 is 33.3 Å². The Morgan fingerprint density at radius 3 is 2.65 bits per heavy atom. The van der Waals surface area contributed by atoms with Crippen molar-refractivity contribution in [3.63, 3.8) is 0 Å². The van der Waals surface area contributed by atoms with E-state index in [0.717, 1.165) is 15.6 Å². The SMILES string of the molecule is O=C(C=Cc1ccccc1)c1cc2ccc(F)cc2s1. The number of ketones is 1. The molecule has 3 heteroatoms. The van der Waals surface area contributed by atoms with E-state index in [4.69, 9.17) is 0 Å². The molecule has 3 rings (SSSR count). The molecule has 0 aliphatic carbocycles. The topological polar surface area (TPSA) is 17.1 Å². The number of rotatable bonds is 3. The summed E-state index contributed by atoms with van der Waals surface area (Å²) in [5, 5.41) is 0.896. The second kappa shape index (κ2) is 5.39. The molecule has 0 bridgehead atoms. The van der Waals surface area contributed by atoms with Gasteiger partial charge in [-0.25, -0.2) is 4.39 Å². The first kappa shape index (κ1) is 12.8. The minimum absolute atomic E-state index is 0.0598. The first-order valence-electron chi connectivity index (χ1n) is 6.19. The summed E-state index contributed by atoms with van der Waals surface area (Å²) in [5.74, 6) is -0.339. The maximum absolute atomic E-state index is 13.1. The number of benzene rings is 2. The van der Waals surface area contributed by atoms with E-state index in [9.17, 15) is 9.18 Å². The average molecular weight is 282 g/mol. The fourth-order valence-corrected chi connectivity index (χ4v) is 2.95. The Morgan fingerprint density at radius 2 is 1.85 bits per heavy atom. The number of allylic oxidation sites excluding steroid dienone is 1. The number of hydrogen-bond donors (Lipinski definition) is 0. The molecule has 0 saturated carbocycles. The third kappa shape index (κ3) is 2.68. The van der Waals surface area contributed by atoms with E-state index in [0.29, 0.717) is 4.88 Å². The second-order valence-electron chi connectivity index (χ2n) is 4.40. The fourth-order valence-electron chi connectivity index (χ4n) is 1.94. The van der Waals surface area contributed by atoms with Crippen LogP contribution in [-0.2, 0) is 0 Å². The summed E-state index contributed by atoms with van der Waals surface area (Å²) in [6.45, 7) is 0. The van der Waals surface area contributed by atoms with Gasteiger partial charge < -0.3 is 0 Å². The molecule has 0 aliphatic heterocycles. The molecule has 2 aromatic carbocycles. The van der Waals surface area contributed by atoms with Gasteiger partial charge in [0, 0.05) is 4.70 Å². The van der Waals surface area contributed by atoms with Gasteiger partial charge in [-0.05, 0) is 35.2 Å². The molecule has 0 amide bonds. The Labute approximate surface area is 120 Å². The molecule has 1 heterocycles. The fraction of sp³-hybridized carbons (Fsp3) is 0. The summed E-state index contributed by atoms with van der Waals surface area (Å²) >= 11 is 1.31. The normalized spacial score (nSPS) is 11.2. The van der Waals surface area contributed by atoms with Crippen molar-refractivity contribution in [1.29, 1.82) is 0 Å². The second-order valence-corrected chi connectivity index (χ2v) is 5.48. The Morgan fingerprint density at radius 1 is 1.05 bits per heavy atom. The number of thiophene rings is 1. The maximum atomic E-state index is 13.1. The summed E-state index contributed by atoms with van der Waals surface area (Å²) < 4.78 is 13.9. The molecule has 1 aromatic heterocycles. The van der Waals surface area contributed by atoms with Crippen molar-refractivity contribution < 1.29 is 9.18 Å². The molecule has 0 fully saturated rings. The van der Waals surface area contributed by atoms with E-state index in [-0.39, 0.29) is 11.6 Å². The molecule has 0 atom stereocenters. The van der Waals surface area contributed by atoms with E-state index >= 15 is 0 Å². The van der Waals surface area contributed by atoms with Gasteiger partial charge in [0.1, 0.15) is 5.82 Å². The number of fused-ring (bicyclic) bond motifs is 1. The monoisotopic (exact) mass is 282 g/mol. The zero-order valence-corrected chi connectivity index (χ0v) is 11.4. The predicted octanol–water partition coefficient (Wildman–Crippen LogP) is 4.94. The molecular weight excluding hydrogens is 271 g/mol. The molecule has 0 saturated heterocycles. The van der Waals surface area contributed by atoms with Gasteiger partial charge in [0.15, 0.2) is 5.78 Å². The van der Waals surface area contributed by atoms with Crippen molar-refractivity contribution in [1.82, 2.24) is 0 Å². The summed E-state index contributed by atoms with van der Waals surface area (Å²) in [5.41, 5.74) is 0.980. The Kier molecular flexibility index (Phi) is 3.44. The highest BCUT2D eigenvalue weighted by molar-refractivity contribution is 7.21. The van der Waals surface area contributed by atoms with Crippen molar-refractivity contribution in [2.75, 3.05) is 0 Å². The van der Waals surface area contributed by atoms with Crippen LogP contribution in [0.2, 0.25) is 0 Å². The lowest BCUT2D eigenvalue weighted by molar-refractivity contribution is 0.105. The van der Waals surface area contributed by atoms with Crippen LogP contribution in [0.15, 0.2) is 60.7 Å². The number of halogens is 1. The Bertz CT molecular complexity index is 787. The molecular formula is C17H11FOS. The van der Waals surface area contributed by atoms with Crippen LogP contribution >= 0.6 is 11.3 Å². The lowest BCUT2D eigenvalue weighted by atomic mass is 10.2. The molecule has 0 aliphatic rings. The predicted molar refractivity (Wildman–Crippen MR) is 81.6 cm³/mol. The standard InChI is InChI=1S/C17H11FOS/c18-14-8-7-13-10-17(20-16(13)11-14)15(19)9-6-12-4-2-1-3-5-12/h1-11H. The van der Waals surface area contributed by atoms with E-state index < -0.39 is 0 Å². The molecule has 0 unspecified atom stereocenters. The first-order valence-corrected chi connectivity index (χ1v) is 7.00. The van der Waals surface area contributed by atoms with E-state index in [2.05, 4.69) is 0 Å². The Hall–Kier alpha value is -2.26. The van der Waals surface area contributed by atoms with Gasteiger partial charge in [-0.15, -0.1) is 11.3 Å². The van der Waals surface area contributed by atoms with Crippen molar-refractivity contribution in [2.45, 2.75) is 0 Å². The molecule has 1 nitrogen and oxygen atoms in total. The van der Waals surface area contributed by atoms with Gasteiger partial charge >= 0.3 is 0 Å². The lowest BCUT2D eigenvalue weighted by Gasteiger charge is -1.91. The minimum atomic E-state index is -0.279. The molecule has 0 N–H and O–H groups in total. The quantitative estimate of drug-likeness (QED) is 0.491. The van der Waals surface area contributed by atoms with Crippen molar-refractivity contribution in [2.24, 2.45) is 0 Å². The smallest absolute Gasteiger partial charge is 0.195 e.